The van der Waals surface area contributed by atoms with E-state index in [1.54, 1.807) is 15.5 Å². The van der Waals surface area contributed by atoms with Crippen LogP contribution in [0.4, 0.5) is 0 Å². The zero-order valence-electron chi connectivity index (χ0n) is 17.6. The molecule has 1 fully saturated rings. The van der Waals surface area contributed by atoms with Crippen LogP contribution in [0.5, 0.6) is 5.75 Å². The molecule has 1 aliphatic heterocycles. The summed E-state index contributed by atoms with van der Waals surface area (Å²) in [7, 11) is -3.90. The summed E-state index contributed by atoms with van der Waals surface area (Å²) in [4.78, 5) is 30.7. The molecule has 0 radical (unpaired) electrons. The number of aromatic nitrogens is 1. The van der Waals surface area contributed by atoms with Crippen molar-refractivity contribution < 1.29 is 22.7 Å². The molecule has 2 aromatic rings. The van der Waals surface area contributed by atoms with Gasteiger partial charge >= 0.3 is 0 Å². The Balaban J connectivity index is 1.81. The normalized spacial score (nSPS) is 15.3. The number of rotatable bonds is 8. The minimum absolute atomic E-state index is 0.381. The van der Waals surface area contributed by atoms with Gasteiger partial charge in [0.2, 0.25) is 5.91 Å². The molecule has 10 heteroatoms. The third kappa shape index (κ3) is 6.04. The van der Waals surface area contributed by atoms with Crippen LogP contribution < -0.4 is 9.54 Å². The molecular formula is C21H27N3O5S2. The summed E-state index contributed by atoms with van der Waals surface area (Å²) in [6.07, 6.45) is 4.47. The van der Waals surface area contributed by atoms with Gasteiger partial charge in [-0.15, -0.1) is 6.58 Å². The van der Waals surface area contributed by atoms with Crippen molar-refractivity contribution in [2.45, 2.75) is 32.7 Å². The van der Waals surface area contributed by atoms with E-state index in [1.807, 2.05) is 25.1 Å². The third-order valence-electron chi connectivity index (χ3n) is 4.89. The minimum atomic E-state index is -3.90. The monoisotopic (exact) mass is 465 g/mol. The molecule has 2 amide bonds. The lowest BCUT2D eigenvalue weighted by Gasteiger charge is -2.26. The molecule has 0 bridgehead atoms. The summed E-state index contributed by atoms with van der Waals surface area (Å²) >= 11 is 1.27. The summed E-state index contributed by atoms with van der Waals surface area (Å²) in [6.45, 7) is 7.73. The van der Waals surface area contributed by atoms with Crippen molar-refractivity contribution in [3.63, 3.8) is 0 Å². The molecule has 2 heterocycles. The second-order valence-corrected chi connectivity index (χ2v) is 10.4. The van der Waals surface area contributed by atoms with E-state index in [2.05, 4.69) is 11.6 Å². The fourth-order valence-electron chi connectivity index (χ4n) is 3.50. The van der Waals surface area contributed by atoms with Gasteiger partial charge < -0.3 is 14.2 Å². The Labute approximate surface area is 185 Å². The lowest BCUT2D eigenvalue weighted by atomic mass is 10.1. The number of likely N-dealkylation sites (tertiary alicyclic amines) is 1. The number of fused-ring (bicyclic) bond motifs is 1. The fraction of sp³-hybridized carbons (Fsp3) is 0.476. The quantitative estimate of drug-likeness (QED) is 0.557. The maximum Gasteiger partial charge on any atom is 0.263 e. The first-order chi connectivity index (χ1) is 14.8. The van der Waals surface area contributed by atoms with Gasteiger partial charge in [-0.25, -0.2) is 8.42 Å². The third-order valence-corrected chi connectivity index (χ3v) is 7.31. The van der Waals surface area contributed by atoms with Crippen molar-refractivity contribution in [3.8, 4) is 5.75 Å². The van der Waals surface area contributed by atoms with Gasteiger partial charge in [-0.1, -0.05) is 17.4 Å². The molecule has 1 aromatic carbocycles. The first-order valence-corrected chi connectivity index (χ1v) is 12.9. The zero-order valence-corrected chi connectivity index (χ0v) is 19.2. The maximum atomic E-state index is 12.5. The number of hydrogen-bond acceptors (Lipinski definition) is 6. The molecule has 0 aliphatic carbocycles. The Hall–Kier alpha value is -2.46. The lowest BCUT2D eigenvalue weighted by molar-refractivity contribution is -0.129. The molecular weight excluding hydrogens is 438 g/mol. The van der Waals surface area contributed by atoms with Crippen molar-refractivity contribution in [1.29, 1.82) is 0 Å². The van der Waals surface area contributed by atoms with Crippen molar-refractivity contribution in [2.75, 3.05) is 31.2 Å². The Morgan fingerprint density at radius 1 is 1.23 bits per heavy atom. The molecule has 0 atom stereocenters. The standard InChI is InChI=1S/C21H27N3O5S2/c1-3-10-24-17-9-8-16(29-4-2)13-18(17)30-21(24)22-19(25)14-31(27,28)15-20(26)23-11-6-5-7-12-23/h3,8-9,13H,1,4-7,10-12,14-15H2,2H3. The molecule has 1 aliphatic rings. The van der Waals surface area contributed by atoms with Crippen LogP contribution in [0.2, 0.25) is 0 Å². The molecule has 0 N–H and O–H groups in total. The SMILES string of the molecule is C=CCn1c(=NC(=O)CS(=O)(=O)CC(=O)N2CCCCC2)sc2cc(OCC)ccc21. The van der Waals surface area contributed by atoms with Gasteiger partial charge in [-0.05, 0) is 44.4 Å². The van der Waals surface area contributed by atoms with Crippen LogP contribution >= 0.6 is 11.3 Å². The van der Waals surface area contributed by atoms with Crippen molar-refractivity contribution in [2.24, 2.45) is 4.99 Å². The number of nitrogens with zero attached hydrogens (tertiary/aromatic N) is 3. The van der Waals surface area contributed by atoms with Gasteiger partial charge in [0, 0.05) is 19.6 Å². The van der Waals surface area contributed by atoms with Crippen LogP contribution in [0.15, 0.2) is 35.8 Å². The van der Waals surface area contributed by atoms with Crippen LogP contribution in [0.3, 0.4) is 0 Å². The Morgan fingerprint density at radius 2 is 1.97 bits per heavy atom. The van der Waals surface area contributed by atoms with E-state index in [0.717, 1.165) is 29.5 Å². The van der Waals surface area contributed by atoms with E-state index in [4.69, 9.17) is 4.74 Å². The maximum absolute atomic E-state index is 12.5. The fourth-order valence-corrected chi connectivity index (χ4v) is 5.69. The number of hydrogen-bond donors (Lipinski definition) is 0. The summed E-state index contributed by atoms with van der Waals surface area (Å²) in [5.74, 6) is -1.98. The molecule has 0 saturated carbocycles. The Bertz CT molecular complexity index is 1140. The van der Waals surface area contributed by atoms with Gasteiger partial charge in [-0.3, -0.25) is 9.59 Å². The predicted octanol–water partition coefficient (Wildman–Crippen LogP) is 2.14. The van der Waals surface area contributed by atoms with E-state index in [9.17, 15) is 18.0 Å². The average Bonchev–Trinajstić information content (AvgIpc) is 3.04. The second kappa shape index (κ2) is 10.2. The van der Waals surface area contributed by atoms with Gasteiger partial charge in [0.15, 0.2) is 14.6 Å². The highest BCUT2D eigenvalue weighted by Gasteiger charge is 2.25. The summed E-state index contributed by atoms with van der Waals surface area (Å²) in [5, 5.41) is 0. The molecule has 1 saturated heterocycles. The number of sulfone groups is 1. The number of allylic oxidation sites excluding steroid dienone is 1. The first-order valence-electron chi connectivity index (χ1n) is 10.3. The highest BCUT2D eigenvalue weighted by atomic mass is 32.2. The average molecular weight is 466 g/mol. The molecule has 3 rings (SSSR count). The number of benzene rings is 1. The van der Waals surface area contributed by atoms with Crippen LogP contribution in [0.1, 0.15) is 26.2 Å². The van der Waals surface area contributed by atoms with E-state index in [-0.39, 0.29) is 0 Å². The molecule has 8 nitrogen and oxygen atoms in total. The smallest absolute Gasteiger partial charge is 0.263 e. The largest absolute Gasteiger partial charge is 0.494 e. The molecule has 0 spiro atoms. The van der Waals surface area contributed by atoms with E-state index >= 15 is 0 Å². The molecule has 31 heavy (non-hydrogen) atoms. The van der Waals surface area contributed by atoms with Crippen LogP contribution in [0, 0.1) is 0 Å². The van der Waals surface area contributed by atoms with Crippen LogP contribution in [-0.2, 0) is 26.0 Å². The highest BCUT2D eigenvalue weighted by Crippen LogP contribution is 2.23. The number of piperidine rings is 1. The van der Waals surface area contributed by atoms with Gasteiger partial charge in [0.1, 0.15) is 17.3 Å². The van der Waals surface area contributed by atoms with E-state index < -0.39 is 33.2 Å². The zero-order chi connectivity index (χ0) is 22.4. The molecule has 1 aromatic heterocycles. The first kappa shape index (κ1) is 23.2. The minimum Gasteiger partial charge on any atom is -0.494 e. The highest BCUT2D eigenvalue weighted by molar-refractivity contribution is 7.92. The van der Waals surface area contributed by atoms with Gasteiger partial charge in [-0.2, -0.15) is 4.99 Å². The summed E-state index contributed by atoms with van der Waals surface area (Å²) < 4.78 is 33.0. The Morgan fingerprint density at radius 3 is 2.65 bits per heavy atom. The predicted molar refractivity (Wildman–Crippen MR) is 121 cm³/mol. The van der Waals surface area contributed by atoms with Gasteiger partial charge in [0.05, 0.1) is 16.8 Å². The topological polar surface area (TPSA) is 98.0 Å². The van der Waals surface area contributed by atoms with Crippen molar-refractivity contribution >= 4 is 43.2 Å². The molecule has 0 unspecified atom stereocenters. The summed E-state index contributed by atoms with van der Waals surface area (Å²) in [6, 6.07) is 5.57. The number of thiazole rings is 1. The number of amides is 2. The molecule has 168 valence electrons. The van der Waals surface area contributed by atoms with E-state index in [0.29, 0.717) is 36.8 Å². The second-order valence-electron chi connectivity index (χ2n) is 7.33. The van der Waals surface area contributed by atoms with Crippen LogP contribution in [0.25, 0.3) is 10.2 Å². The van der Waals surface area contributed by atoms with Crippen molar-refractivity contribution in [1.82, 2.24) is 9.47 Å². The van der Waals surface area contributed by atoms with E-state index in [1.165, 1.54) is 11.3 Å². The summed E-state index contributed by atoms with van der Waals surface area (Å²) in [5.41, 5.74) is 0.850. The number of carbonyl (C=O) groups excluding carboxylic acids is 2. The van der Waals surface area contributed by atoms with Gasteiger partial charge in [0.25, 0.3) is 5.91 Å². The Kier molecular flexibility index (Phi) is 7.66. The van der Waals surface area contributed by atoms with Crippen LogP contribution in [-0.4, -0.2) is 60.9 Å². The number of carbonyl (C=O) groups is 2. The van der Waals surface area contributed by atoms with Crippen molar-refractivity contribution in [3.05, 3.63) is 35.7 Å². The number of ether oxygens (including phenoxy) is 1. The lowest BCUT2D eigenvalue weighted by Crippen LogP contribution is -2.40.